The van der Waals surface area contributed by atoms with Crippen molar-refractivity contribution in [1.82, 2.24) is 15.2 Å². The molecule has 0 atom stereocenters. The molecule has 0 saturated heterocycles. The average molecular weight is 241 g/mol. The number of anilines is 1. The number of nitrogens with zero attached hydrogens (tertiary/aromatic N) is 2. The summed E-state index contributed by atoms with van der Waals surface area (Å²) in [6.45, 7) is 2.89. The van der Waals surface area contributed by atoms with E-state index in [1.54, 1.807) is 12.4 Å². The van der Waals surface area contributed by atoms with Crippen molar-refractivity contribution in [3.63, 3.8) is 0 Å². The minimum atomic E-state index is 0.853. The fraction of sp³-hybridized carbons (Fsp3) is 0.250. The monoisotopic (exact) mass is 240 g/mol. The van der Waals surface area contributed by atoms with E-state index in [0.717, 1.165) is 27.7 Å². The van der Waals surface area contributed by atoms with Crippen LogP contribution in [0.15, 0.2) is 16.9 Å². The lowest BCUT2D eigenvalue weighted by molar-refractivity contribution is 1.08. The zero-order valence-corrected chi connectivity index (χ0v) is 8.72. The lowest BCUT2D eigenvalue weighted by atomic mass is 10.3. The molecule has 5 heteroatoms. The molecule has 0 aromatic carbocycles. The summed E-state index contributed by atoms with van der Waals surface area (Å²) < 4.78 is 0.932. The minimum absolute atomic E-state index is 0.853. The Balaban J connectivity index is 2.61. The maximum absolute atomic E-state index is 4.14. The Morgan fingerprint density at radius 2 is 2.38 bits per heavy atom. The highest BCUT2D eigenvalue weighted by atomic mass is 79.9. The first-order valence-corrected chi connectivity index (χ1v) is 4.83. The molecule has 68 valence electrons. The third kappa shape index (κ3) is 1.39. The molecule has 4 nitrogen and oxygen atoms in total. The molecule has 0 fully saturated rings. The lowest BCUT2D eigenvalue weighted by Crippen LogP contribution is -1.96. The van der Waals surface area contributed by atoms with Crippen molar-refractivity contribution >= 4 is 32.7 Å². The van der Waals surface area contributed by atoms with Crippen LogP contribution in [0.1, 0.15) is 6.92 Å². The Morgan fingerprint density at radius 3 is 3.15 bits per heavy atom. The number of rotatable bonds is 2. The summed E-state index contributed by atoms with van der Waals surface area (Å²) in [7, 11) is 0. The third-order valence-corrected chi connectivity index (χ3v) is 2.38. The van der Waals surface area contributed by atoms with Gasteiger partial charge in [-0.1, -0.05) is 0 Å². The van der Waals surface area contributed by atoms with Crippen LogP contribution in [-0.2, 0) is 0 Å². The predicted molar refractivity (Wildman–Crippen MR) is 55.8 cm³/mol. The fourth-order valence-corrected chi connectivity index (χ4v) is 1.62. The number of fused-ring (bicyclic) bond motifs is 1. The SMILES string of the molecule is CCNc1n[nH]c2c(Br)cncc12. The van der Waals surface area contributed by atoms with Gasteiger partial charge in [0, 0.05) is 18.9 Å². The molecule has 2 N–H and O–H groups in total. The largest absolute Gasteiger partial charge is 0.368 e. The van der Waals surface area contributed by atoms with Crippen LogP contribution in [0.5, 0.6) is 0 Å². The van der Waals surface area contributed by atoms with Crippen LogP contribution in [-0.4, -0.2) is 21.7 Å². The van der Waals surface area contributed by atoms with Gasteiger partial charge in [-0.2, -0.15) is 5.10 Å². The molecule has 0 aliphatic rings. The Kier molecular flexibility index (Phi) is 2.18. The number of halogens is 1. The smallest absolute Gasteiger partial charge is 0.157 e. The van der Waals surface area contributed by atoms with Gasteiger partial charge in [0.05, 0.1) is 15.4 Å². The molecule has 0 spiro atoms. The van der Waals surface area contributed by atoms with E-state index in [2.05, 4.69) is 36.4 Å². The van der Waals surface area contributed by atoms with Crippen molar-refractivity contribution < 1.29 is 0 Å². The normalized spacial score (nSPS) is 10.6. The molecule has 2 heterocycles. The molecule has 2 aromatic rings. The van der Waals surface area contributed by atoms with Gasteiger partial charge in [0.15, 0.2) is 5.82 Å². The molecule has 0 saturated carbocycles. The van der Waals surface area contributed by atoms with Crippen LogP contribution in [0.25, 0.3) is 10.9 Å². The van der Waals surface area contributed by atoms with E-state index in [-0.39, 0.29) is 0 Å². The van der Waals surface area contributed by atoms with Gasteiger partial charge in [-0.25, -0.2) is 0 Å². The summed E-state index contributed by atoms with van der Waals surface area (Å²) in [5.41, 5.74) is 0.978. The van der Waals surface area contributed by atoms with Crippen LogP contribution < -0.4 is 5.32 Å². The first-order chi connectivity index (χ1) is 6.33. The molecule has 0 radical (unpaired) electrons. The van der Waals surface area contributed by atoms with E-state index in [1.807, 2.05) is 6.92 Å². The molecule has 0 aliphatic heterocycles. The standard InChI is InChI=1S/C8H9BrN4/c1-2-11-8-5-3-10-4-6(9)7(5)12-13-8/h3-4H,2H2,1H3,(H2,11,12,13). The Labute approximate surface area is 83.9 Å². The number of hydrogen-bond donors (Lipinski definition) is 2. The van der Waals surface area contributed by atoms with Crippen molar-refractivity contribution in [2.24, 2.45) is 0 Å². The molecule has 2 aromatic heterocycles. The van der Waals surface area contributed by atoms with E-state index < -0.39 is 0 Å². The summed E-state index contributed by atoms with van der Waals surface area (Å²) in [5.74, 6) is 0.853. The van der Waals surface area contributed by atoms with Crippen molar-refractivity contribution in [2.75, 3.05) is 11.9 Å². The molecular formula is C8H9BrN4. The lowest BCUT2D eigenvalue weighted by Gasteiger charge is -1.97. The average Bonchev–Trinajstić information content (AvgIpc) is 2.51. The van der Waals surface area contributed by atoms with E-state index in [9.17, 15) is 0 Å². The number of pyridine rings is 1. The van der Waals surface area contributed by atoms with E-state index >= 15 is 0 Å². The molecule has 0 amide bonds. The van der Waals surface area contributed by atoms with Crippen LogP contribution in [0, 0.1) is 0 Å². The van der Waals surface area contributed by atoms with Gasteiger partial charge in [0.2, 0.25) is 0 Å². The molecule has 0 bridgehead atoms. The first-order valence-electron chi connectivity index (χ1n) is 4.04. The Bertz CT molecular complexity index is 423. The summed E-state index contributed by atoms with van der Waals surface area (Å²) in [6.07, 6.45) is 3.54. The van der Waals surface area contributed by atoms with Gasteiger partial charge in [0.25, 0.3) is 0 Å². The van der Waals surface area contributed by atoms with Gasteiger partial charge in [-0.3, -0.25) is 10.1 Å². The van der Waals surface area contributed by atoms with Crippen molar-refractivity contribution in [3.8, 4) is 0 Å². The number of aromatic nitrogens is 3. The van der Waals surface area contributed by atoms with Crippen molar-refractivity contribution in [2.45, 2.75) is 6.92 Å². The van der Waals surface area contributed by atoms with Crippen LogP contribution in [0.3, 0.4) is 0 Å². The molecule has 2 rings (SSSR count). The summed E-state index contributed by atoms with van der Waals surface area (Å²) >= 11 is 3.40. The van der Waals surface area contributed by atoms with Gasteiger partial charge in [-0.05, 0) is 22.9 Å². The van der Waals surface area contributed by atoms with Crippen LogP contribution >= 0.6 is 15.9 Å². The molecule has 13 heavy (non-hydrogen) atoms. The van der Waals surface area contributed by atoms with Gasteiger partial charge >= 0.3 is 0 Å². The first kappa shape index (κ1) is 8.50. The third-order valence-electron chi connectivity index (χ3n) is 1.78. The summed E-state index contributed by atoms with van der Waals surface area (Å²) in [6, 6.07) is 0. The van der Waals surface area contributed by atoms with E-state index in [0.29, 0.717) is 0 Å². The quantitative estimate of drug-likeness (QED) is 0.846. The minimum Gasteiger partial charge on any atom is -0.368 e. The Morgan fingerprint density at radius 1 is 1.54 bits per heavy atom. The van der Waals surface area contributed by atoms with E-state index in [1.165, 1.54) is 0 Å². The number of nitrogens with one attached hydrogen (secondary N) is 2. The second kappa shape index (κ2) is 3.33. The number of H-pyrrole nitrogens is 1. The maximum atomic E-state index is 4.14. The highest BCUT2D eigenvalue weighted by Crippen LogP contribution is 2.25. The van der Waals surface area contributed by atoms with Gasteiger partial charge < -0.3 is 5.32 Å². The van der Waals surface area contributed by atoms with Crippen LogP contribution in [0.4, 0.5) is 5.82 Å². The number of aromatic amines is 1. The zero-order valence-electron chi connectivity index (χ0n) is 7.13. The van der Waals surface area contributed by atoms with Gasteiger partial charge in [-0.15, -0.1) is 0 Å². The second-order valence-corrected chi connectivity index (χ2v) is 3.50. The highest BCUT2D eigenvalue weighted by molar-refractivity contribution is 9.10. The molecule has 0 aliphatic carbocycles. The summed E-state index contributed by atoms with van der Waals surface area (Å²) in [4.78, 5) is 4.08. The van der Waals surface area contributed by atoms with Crippen molar-refractivity contribution in [1.29, 1.82) is 0 Å². The zero-order chi connectivity index (χ0) is 9.26. The fourth-order valence-electron chi connectivity index (χ4n) is 1.20. The van der Waals surface area contributed by atoms with Crippen molar-refractivity contribution in [3.05, 3.63) is 16.9 Å². The topological polar surface area (TPSA) is 53.6 Å². The Hall–Kier alpha value is -1.10. The highest BCUT2D eigenvalue weighted by Gasteiger charge is 2.06. The molecular weight excluding hydrogens is 232 g/mol. The van der Waals surface area contributed by atoms with E-state index in [4.69, 9.17) is 0 Å². The maximum Gasteiger partial charge on any atom is 0.157 e. The number of hydrogen-bond acceptors (Lipinski definition) is 3. The van der Waals surface area contributed by atoms with Crippen LogP contribution in [0.2, 0.25) is 0 Å². The molecule has 0 unspecified atom stereocenters. The second-order valence-electron chi connectivity index (χ2n) is 2.65. The van der Waals surface area contributed by atoms with Gasteiger partial charge in [0.1, 0.15) is 0 Å². The predicted octanol–water partition coefficient (Wildman–Crippen LogP) is 2.15. The summed E-state index contributed by atoms with van der Waals surface area (Å²) in [5, 5.41) is 11.2.